The molecule has 0 heterocycles. The van der Waals surface area contributed by atoms with Crippen LogP contribution in [0.2, 0.25) is 0 Å². The van der Waals surface area contributed by atoms with E-state index in [9.17, 15) is 16.8 Å². The van der Waals surface area contributed by atoms with Crippen LogP contribution in [0, 0.1) is 0 Å². The monoisotopic (exact) mass is 762 g/mol. The Hall–Kier alpha value is -6.34. The quantitative estimate of drug-likeness (QED) is 0.155. The molecule has 0 amide bonds. The van der Waals surface area contributed by atoms with E-state index in [4.69, 9.17) is 0 Å². The molecule has 10 rings (SSSR count). The smallest absolute Gasteiger partial charge is 0.206 e. The van der Waals surface area contributed by atoms with Crippen LogP contribution in [0.4, 0.5) is 0 Å². The predicted octanol–water partition coefficient (Wildman–Crippen LogP) is 10.2. The maximum Gasteiger partial charge on any atom is 0.206 e. The first-order valence-corrected chi connectivity index (χ1v) is 21.5. The lowest BCUT2D eigenvalue weighted by molar-refractivity contribution is 0.594. The van der Waals surface area contributed by atoms with Gasteiger partial charge < -0.3 is 0 Å². The van der Waals surface area contributed by atoms with Crippen molar-refractivity contribution in [3.63, 3.8) is 0 Å². The van der Waals surface area contributed by atoms with Crippen LogP contribution in [0.1, 0.15) is 22.3 Å². The third kappa shape index (κ3) is 4.89. The van der Waals surface area contributed by atoms with Crippen molar-refractivity contribution < 1.29 is 16.8 Å². The summed E-state index contributed by atoms with van der Waals surface area (Å²) >= 11 is 0. The van der Waals surface area contributed by atoms with E-state index < -0.39 is 30.5 Å². The standard InChI is InChI=1S/C50H34O4S2/c51-55(52,41-17-9-3-10-18-41)43-25-21-39(22-26-43)49(37-13-5-1-6-14-37)31-29-35-34-46-48-36(33-45(49)47(35)48)30-32-50(46,38-15-7-2-8-16-38)40-23-27-44(28-24-40)56(53,54)42-19-11-4-12-20-42/h1-34H. The SMILES string of the molecule is O=S(=O)(c1ccccc1)c1ccc(C2(c3ccccc3)C=CC3=CC4=C5C(=CC2=C35)C=CC4(c2ccccc2)c2ccc(S(=O)(=O)c3ccccc3)cc2)cc1. The van der Waals surface area contributed by atoms with E-state index in [0.29, 0.717) is 0 Å². The zero-order chi connectivity index (χ0) is 38.1. The number of allylic oxidation sites excluding steroid dienone is 12. The first-order valence-electron chi connectivity index (χ1n) is 18.5. The number of hydrogen-bond donors (Lipinski definition) is 0. The maximum absolute atomic E-state index is 13.6. The lowest BCUT2D eigenvalue weighted by Crippen LogP contribution is -2.30. The average Bonchev–Trinajstić information content (AvgIpc) is 3.86. The number of benzene rings is 6. The summed E-state index contributed by atoms with van der Waals surface area (Å²) in [5, 5.41) is 0. The van der Waals surface area contributed by atoms with Gasteiger partial charge in [-0.2, -0.15) is 0 Å². The lowest BCUT2D eigenvalue weighted by Gasteiger charge is -2.37. The zero-order valence-electron chi connectivity index (χ0n) is 30.1. The molecule has 0 saturated carbocycles. The summed E-state index contributed by atoms with van der Waals surface area (Å²) in [6.07, 6.45) is 13.5. The Morgan fingerprint density at radius 3 is 0.946 bits per heavy atom. The van der Waals surface area contributed by atoms with Crippen molar-refractivity contribution in [3.05, 3.63) is 262 Å². The normalized spacial score (nSPS) is 20.9. The molecule has 6 aromatic rings. The van der Waals surface area contributed by atoms with Gasteiger partial charge in [-0.05, 0) is 116 Å². The summed E-state index contributed by atoms with van der Waals surface area (Å²) in [5.74, 6) is 0. The van der Waals surface area contributed by atoms with Gasteiger partial charge in [-0.25, -0.2) is 16.8 Å². The minimum absolute atomic E-state index is 0.246. The van der Waals surface area contributed by atoms with Crippen LogP contribution < -0.4 is 0 Å². The highest BCUT2D eigenvalue weighted by molar-refractivity contribution is 7.91. The van der Waals surface area contributed by atoms with Gasteiger partial charge in [-0.1, -0.05) is 146 Å². The molecule has 2 unspecified atom stereocenters. The van der Waals surface area contributed by atoms with Crippen LogP contribution in [-0.4, -0.2) is 16.8 Å². The van der Waals surface area contributed by atoms with Gasteiger partial charge in [-0.15, -0.1) is 0 Å². The molecule has 270 valence electrons. The molecule has 0 aromatic heterocycles. The van der Waals surface area contributed by atoms with Crippen molar-refractivity contribution in [3.8, 4) is 0 Å². The van der Waals surface area contributed by atoms with Crippen molar-refractivity contribution in [2.45, 2.75) is 30.4 Å². The molecule has 0 radical (unpaired) electrons. The Morgan fingerprint density at radius 2 is 0.607 bits per heavy atom. The molecule has 4 aliphatic rings. The van der Waals surface area contributed by atoms with E-state index in [-0.39, 0.29) is 19.6 Å². The first kappa shape index (κ1) is 34.2. The van der Waals surface area contributed by atoms with E-state index in [1.807, 2.05) is 72.8 Å². The van der Waals surface area contributed by atoms with Crippen LogP contribution in [-0.2, 0) is 30.5 Å². The number of rotatable bonds is 8. The summed E-state index contributed by atoms with van der Waals surface area (Å²) in [4.78, 5) is 1.02. The molecule has 0 spiro atoms. The van der Waals surface area contributed by atoms with E-state index in [2.05, 4.69) is 60.7 Å². The third-order valence-electron chi connectivity index (χ3n) is 11.6. The molecule has 0 bridgehead atoms. The minimum atomic E-state index is -3.70. The molecule has 0 fully saturated rings. The maximum atomic E-state index is 13.6. The molecule has 0 aliphatic heterocycles. The van der Waals surface area contributed by atoms with E-state index >= 15 is 0 Å². The predicted molar refractivity (Wildman–Crippen MR) is 220 cm³/mol. The molecule has 0 N–H and O–H groups in total. The van der Waals surface area contributed by atoms with Gasteiger partial charge in [0.05, 0.1) is 30.4 Å². The van der Waals surface area contributed by atoms with Gasteiger partial charge in [-0.3, -0.25) is 0 Å². The Bertz CT molecular complexity index is 2770. The Balaban J connectivity index is 1.15. The molecule has 6 aromatic carbocycles. The fourth-order valence-electron chi connectivity index (χ4n) is 8.97. The van der Waals surface area contributed by atoms with Gasteiger partial charge in [0.15, 0.2) is 0 Å². The molecule has 56 heavy (non-hydrogen) atoms. The lowest BCUT2D eigenvalue weighted by atomic mass is 9.65. The second-order valence-corrected chi connectivity index (χ2v) is 18.4. The topological polar surface area (TPSA) is 68.3 Å². The number of hydrogen-bond acceptors (Lipinski definition) is 4. The van der Waals surface area contributed by atoms with Gasteiger partial charge in [0.25, 0.3) is 0 Å². The minimum Gasteiger partial charge on any atom is -0.219 e. The van der Waals surface area contributed by atoms with Gasteiger partial charge in [0.2, 0.25) is 19.7 Å². The van der Waals surface area contributed by atoms with E-state index in [1.165, 1.54) is 0 Å². The molecular formula is C50H34O4S2. The summed E-state index contributed by atoms with van der Waals surface area (Å²) < 4.78 is 54.5. The summed E-state index contributed by atoms with van der Waals surface area (Å²) in [5.41, 5.74) is 9.49. The number of sulfone groups is 2. The molecule has 4 nitrogen and oxygen atoms in total. The van der Waals surface area contributed by atoms with Gasteiger partial charge in [0.1, 0.15) is 0 Å². The molecule has 2 atom stereocenters. The highest BCUT2D eigenvalue weighted by Gasteiger charge is 2.50. The fourth-order valence-corrected chi connectivity index (χ4v) is 11.5. The van der Waals surface area contributed by atoms with Gasteiger partial charge in [0, 0.05) is 0 Å². The first-order chi connectivity index (χ1) is 27.2. The highest BCUT2D eigenvalue weighted by Crippen LogP contribution is 2.61. The zero-order valence-corrected chi connectivity index (χ0v) is 31.7. The van der Waals surface area contributed by atoms with Crippen molar-refractivity contribution in [1.82, 2.24) is 0 Å². The second kappa shape index (κ2) is 12.6. The van der Waals surface area contributed by atoms with Crippen LogP contribution in [0.15, 0.2) is 259 Å². The Kier molecular flexibility index (Phi) is 7.69. The van der Waals surface area contributed by atoms with Crippen molar-refractivity contribution >= 4 is 19.7 Å². The van der Waals surface area contributed by atoms with Crippen LogP contribution in [0.5, 0.6) is 0 Å². The van der Waals surface area contributed by atoms with Crippen LogP contribution >= 0.6 is 0 Å². The van der Waals surface area contributed by atoms with Gasteiger partial charge >= 0.3 is 0 Å². The Morgan fingerprint density at radius 1 is 0.321 bits per heavy atom. The fraction of sp³-hybridized carbons (Fsp3) is 0.0400. The Labute approximate surface area is 327 Å². The summed E-state index contributed by atoms with van der Waals surface area (Å²) in [6.45, 7) is 0. The molecule has 0 saturated heterocycles. The molecular weight excluding hydrogens is 729 g/mol. The average molecular weight is 763 g/mol. The highest BCUT2D eigenvalue weighted by atomic mass is 32.2. The van der Waals surface area contributed by atoms with Crippen LogP contribution in [0.25, 0.3) is 0 Å². The second-order valence-electron chi connectivity index (χ2n) is 14.5. The van der Waals surface area contributed by atoms with Crippen molar-refractivity contribution in [2.24, 2.45) is 0 Å². The van der Waals surface area contributed by atoms with Crippen molar-refractivity contribution in [2.75, 3.05) is 0 Å². The van der Waals surface area contributed by atoms with Crippen LogP contribution in [0.3, 0.4) is 0 Å². The molecule has 4 aliphatic carbocycles. The summed E-state index contributed by atoms with van der Waals surface area (Å²) in [7, 11) is -7.40. The van der Waals surface area contributed by atoms with E-state index in [0.717, 1.165) is 55.7 Å². The third-order valence-corrected chi connectivity index (χ3v) is 15.2. The molecule has 6 heteroatoms. The largest absolute Gasteiger partial charge is 0.219 e. The van der Waals surface area contributed by atoms with E-state index in [1.54, 1.807) is 72.8 Å². The summed E-state index contributed by atoms with van der Waals surface area (Å²) in [6, 6.07) is 52.6. The van der Waals surface area contributed by atoms with Crippen molar-refractivity contribution in [1.29, 1.82) is 0 Å².